The van der Waals surface area contributed by atoms with Crippen molar-refractivity contribution in [3.05, 3.63) is 46.5 Å². The third kappa shape index (κ3) is 7.64. The Labute approximate surface area is 199 Å². The van der Waals surface area contributed by atoms with Gasteiger partial charge in [-0.3, -0.25) is 14.4 Å². The maximum Gasteiger partial charge on any atom is 0.254 e. The molecule has 0 atom stereocenters. The molecule has 0 aliphatic carbocycles. The number of carbonyl (C=O) groups excluding carboxylic acids is 3. The highest BCUT2D eigenvalue weighted by Gasteiger charge is 2.22. The van der Waals surface area contributed by atoms with Gasteiger partial charge in [0.15, 0.2) is 5.13 Å². The number of hydrogen-bond acceptors (Lipinski definition) is 6. The second-order valence-electron chi connectivity index (χ2n) is 8.66. The van der Waals surface area contributed by atoms with Crippen LogP contribution in [0.3, 0.4) is 0 Å². The normalized spacial score (nSPS) is 13.8. The molecule has 1 fully saturated rings. The first-order valence-electron chi connectivity index (χ1n) is 11.4. The molecular formula is C24H33N5O3S. The second kappa shape index (κ2) is 11.9. The summed E-state index contributed by atoms with van der Waals surface area (Å²) in [5.41, 5.74) is 2.24. The summed E-state index contributed by atoms with van der Waals surface area (Å²) >= 11 is 1.27. The fourth-order valence-corrected chi connectivity index (χ4v) is 4.42. The summed E-state index contributed by atoms with van der Waals surface area (Å²) in [4.78, 5) is 45.9. The number of aromatic nitrogens is 1. The molecule has 1 aromatic carbocycles. The molecule has 0 unspecified atom stereocenters. The van der Waals surface area contributed by atoms with E-state index in [1.807, 2.05) is 32.9 Å². The van der Waals surface area contributed by atoms with Crippen LogP contribution in [0.15, 0.2) is 29.6 Å². The molecule has 8 nitrogen and oxygen atoms in total. The van der Waals surface area contributed by atoms with Crippen LogP contribution in [0.25, 0.3) is 0 Å². The van der Waals surface area contributed by atoms with Crippen LogP contribution in [-0.2, 0) is 16.0 Å². The van der Waals surface area contributed by atoms with Crippen molar-refractivity contribution in [2.24, 2.45) is 0 Å². The summed E-state index contributed by atoms with van der Waals surface area (Å²) in [5, 5.41) is 7.88. The molecule has 9 heteroatoms. The van der Waals surface area contributed by atoms with Gasteiger partial charge in [0.1, 0.15) is 6.54 Å². The highest BCUT2D eigenvalue weighted by molar-refractivity contribution is 7.13. The first kappa shape index (κ1) is 24.9. The molecule has 1 aliphatic rings. The maximum atomic E-state index is 12.9. The number of aryl methyl sites for hydroxylation is 1. The van der Waals surface area contributed by atoms with Crippen LogP contribution >= 0.6 is 11.3 Å². The zero-order valence-electron chi connectivity index (χ0n) is 19.6. The summed E-state index contributed by atoms with van der Waals surface area (Å²) in [6.07, 6.45) is 2.64. The van der Waals surface area contributed by atoms with Crippen LogP contribution in [0.1, 0.15) is 48.3 Å². The van der Waals surface area contributed by atoms with Gasteiger partial charge in [-0.15, -0.1) is 11.3 Å². The Balaban J connectivity index is 1.47. The zero-order chi connectivity index (χ0) is 23.8. The van der Waals surface area contributed by atoms with Crippen molar-refractivity contribution in [2.45, 2.75) is 46.1 Å². The fraction of sp³-hybridized carbons (Fsp3) is 0.500. The predicted molar refractivity (Wildman–Crippen MR) is 130 cm³/mol. The Morgan fingerprint density at radius 2 is 1.82 bits per heavy atom. The number of nitrogens with one attached hydrogen (secondary N) is 2. The lowest BCUT2D eigenvalue weighted by molar-refractivity contribution is -0.120. The fourth-order valence-electron chi connectivity index (χ4n) is 3.70. The summed E-state index contributed by atoms with van der Waals surface area (Å²) in [6.45, 7) is 9.36. The van der Waals surface area contributed by atoms with Gasteiger partial charge in [0.2, 0.25) is 11.8 Å². The van der Waals surface area contributed by atoms with E-state index in [9.17, 15) is 14.4 Å². The number of amides is 3. The number of rotatable bonds is 10. The molecule has 0 saturated carbocycles. The van der Waals surface area contributed by atoms with Crippen molar-refractivity contribution < 1.29 is 14.4 Å². The minimum Gasteiger partial charge on any atom is -0.354 e. The van der Waals surface area contributed by atoms with Crippen molar-refractivity contribution >= 4 is 34.2 Å². The van der Waals surface area contributed by atoms with Crippen molar-refractivity contribution in [1.29, 1.82) is 0 Å². The Kier molecular flexibility index (Phi) is 8.96. The first-order chi connectivity index (χ1) is 15.8. The Bertz CT molecular complexity index is 951. The number of likely N-dealkylation sites (tertiary alicyclic amines) is 1. The average Bonchev–Trinajstić information content (AvgIpc) is 3.44. The molecule has 3 rings (SSSR count). The van der Waals surface area contributed by atoms with Crippen LogP contribution in [0.5, 0.6) is 0 Å². The molecule has 0 radical (unpaired) electrons. The van der Waals surface area contributed by atoms with E-state index in [1.54, 1.807) is 17.5 Å². The second-order valence-corrected chi connectivity index (χ2v) is 9.52. The van der Waals surface area contributed by atoms with E-state index in [-0.39, 0.29) is 36.7 Å². The van der Waals surface area contributed by atoms with Gasteiger partial charge in [0, 0.05) is 30.1 Å². The lowest BCUT2D eigenvalue weighted by Gasteiger charge is -2.26. The SMILES string of the molecule is Cc1ccc(C(=O)N(CC(=O)Nc2nc(CC(=O)NCCN3CCCC3)cs2)C(C)C)cc1. The van der Waals surface area contributed by atoms with E-state index in [4.69, 9.17) is 0 Å². The molecule has 3 amide bonds. The molecule has 178 valence electrons. The number of benzene rings is 1. The number of hydrogen-bond donors (Lipinski definition) is 2. The minimum absolute atomic E-state index is 0.0731. The number of carbonyl (C=O) groups is 3. The summed E-state index contributed by atoms with van der Waals surface area (Å²) < 4.78 is 0. The lowest BCUT2D eigenvalue weighted by atomic mass is 10.1. The van der Waals surface area contributed by atoms with E-state index in [0.29, 0.717) is 22.9 Å². The van der Waals surface area contributed by atoms with E-state index in [1.165, 1.54) is 29.1 Å². The Morgan fingerprint density at radius 1 is 1.12 bits per heavy atom. The number of thiazole rings is 1. The van der Waals surface area contributed by atoms with Gasteiger partial charge in [0.05, 0.1) is 12.1 Å². The quantitative estimate of drug-likeness (QED) is 0.556. The zero-order valence-corrected chi connectivity index (χ0v) is 20.4. The highest BCUT2D eigenvalue weighted by atomic mass is 32.1. The van der Waals surface area contributed by atoms with E-state index in [2.05, 4.69) is 20.5 Å². The predicted octanol–water partition coefficient (Wildman–Crippen LogP) is 2.70. The molecule has 0 spiro atoms. The molecule has 2 aromatic rings. The molecule has 1 saturated heterocycles. The van der Waals surface area contributed by atoms with Crippen molar-refractivity contribution in [1.82, 2.24) is 20.1 Å². The number of nitrogens with zero attached hydrogens (tertiary/aromatic N) is 3. The summed E-state index contributed by atoms with van der Waals surface area (Å²) in [6, 6.07) is 7.17. The number of anilines is 1. The van der Waals surface area contributed by atoms with E-state index < -0.39 is 0 Å². The van der Waals surface area contributed by atoms with Crippen molar-refractivity contribution in [3.8, 4) is 0 Å². The molecule has 33 heavy (non-hydrogen) atoms. The highest BCUT2D eigenvalue weighted by Crippen LogP contribution is 2.17. The standard InChI is InChI=1S/C24H33N5O3S/c1-17(2)29(23(32)19-8-6-18(3)7-9-19)15-22(31)27-24-26-20(16-33-24)14-21(30)25-10-13-28-11-4-5-12-28/h6-9,16-17H,4-5,10-15H2,1-3H3,(H,25,30)(H,26,27,31). The van der Waals surface area contributed by atoms with Gasteiger partial charge < -0.3 is 20.4 Å². The lowest BCUT2D eigenvalue weighted by Crippen LogP contribution is -2.42. The van der Waals surface area contributed by atoms with Crippen molar-refractivity contribution in [3.63, 3.8) is 0 Å². The smallest absolute Gasteiger partial charge is 0.254 e. The van der Waals surface area contributed by atoms with Crippen molar-refractivity contribution in [2.75, 3.05) is 38.0 Å². The van der Waals surface area contributed by atoms with Gasteiger partial charge in [-0.2, -0.15) is 0 Å². The topological polar surface area (TPSA) is 94.6 Å². The molecule has 1 aromatic heterocycles. The van der Waals surface area contributed by atoms with E-state index in [0.717, 1.165) is 25.2 Å². The first-order valence-corrected chi connectivity index (χ1v) is 12.3. The third-order valence-corrected chi connectivity index (χ3v) is 6.39. The van der Waals surface area contributed by atoms with Gasteiger partial charge in [0.25, 0.3) is 5.91 Å². The monoisotopic (exact) mass is 471 g/mol. The largest absolute Gasteiger partial charge is 0.354 e. The summed E-state index contributed by atoms with van der Waals surface area (Å²) in [7, 11) is 0. The maximum absolute atomic E-state index is 12.9. The van der Waals surface area contributed by atoms with Gasteiger partial charge in [-0.25, -0.2) is 4.98 Å². The molecule has 1 aliphatic heterocycles. The van der Waals surface area contributed by atoms with Crippen LogP contribution < -0.4 is 10.6 Å². The van der Waals surface area contributed by atoms with E-state index >= 15 is 0 Å². The molecule has 2 N–H and O–H groups in total. The Hall–Kier alpha value is -2.78. The van der Waals surface area contributed by atoms with Crippen LogP contribution in [0.2, 0.25) is 0 Å². The third-order valence-electron chi connectivity index (χ3n) is 5.59. The van der Waals surface area contributed by atoms with Gasteiger partial charge in [-0.05, 0) is 58.8 Å². The molecule has 0 bridgehead atoms. The van der Waals surface area contributed by atoms with Crippen LogP contribution in [0.4, 0.5) is 5.13 Å². The minimum atomic E-state index is -0.319. The molecule has 2 heterocycles. The molecular weight excluding hydrogens is 438 g/mol. The van der Waals surface area contributed by atoms with Crippen LogP contribution in [0, 0.1) is 6.92 Å². The van der Waals surface area contributed by atoms with Gasteiger partial charge >= 0.3 is 0 Å². The average molecular weight is 472 g/mol. The summed E-state index contributed by atoms with van der Waals surface area (Å²) in [5.74, 6) is -0.585. The Morgan fingerprint density at radius 3 is 2.48 bits per heavy atom. The van der Waals surface area contributed by atoms with Crippen LogP contribution in [-0.4, -0.2) is 71.3 Å². The van der Waals surface area contributed by atoms with Gasteiger partial charge in [-0.1, -0.05) is 17.7 Å².